The van der Waals surface area contributed by atoms with Gasteiger partial charge in [0.1, 0.15) is 0 Å². The fourth-order valence-electron chi connectivity index (χ4n) is 5.62. The highest BCUT2D eigenvalue weighted by atomic mass is 19.4. The van der Waals surface area contributed by atoms with Crippen LogP contribution < -0.4 is 0 Å². The maximum Gasteiger partial charge on any atom is 0.432 e. The maximum absolute atomic E-state index is 15.3. The van der Waals surface area contributed by atoms with Gasteiger partial charge in [0.25, 0.3) is 0 Å². The first kappa shape index (κ1) is 40.1. The molecule has 0 N–H and O–H groups in total. The third kappa shape index (κ3) is 3.08. The first-order chi connectivity index (χ1) is 19.2. The summed E-state index contributed by atoms with van der Waals surface area (Å²) in [5.74, 6) is -82.8. The van der Waals surface area contributed by atoms with Crippen LogP contribution in [0.2, 0.25) is 0 Å². The standard InChI is InChI=1S/C16F30/c17-3(13(35,36)37,14(38,39)40)1-2(4(18,15(41,42)43)16(44,45)46,7(23,24)11(31,32)9(27,28)5(1,19)20)8(25,26)12(33,34)10(29,30)6(1,21)22. The molecule has 0 spiro atoms. The number of rotatable bonds is 2. The van der Waals surface area contributed by atoms with Crippen LogP contribution in [0.1, 0.15) is 0 Å². The smallest absolute Gasteiger partial charge is 0.222 e. The Morgan fingerprint density at radius 2 is 0.304 bits per heavy atom. The molecule has 0 heterocycles. The van der Waals surface area contributed by atoms with Gasteiger partial charge >= 0.3 is 83.4 Å². The summed E-state index contributed by atoms with van der Waals surface area (Å²) in [6.07, 6.45) is -39.9. The van der Waals surface area contributed by atoms with Gasteiger partial charge in [-0.25, -0.2) is 8.78 Å². The minimum Gasteiger partial charge on any atom is -0.222 e. The molecular formula is C16F30. The predicted molar refractivity (Wildman–Crippen MR) is 76.3 cm³/mol. The van der Waals surface area contributed by atoms with Gasteiger partial charge < -0.3 is 0 Å². The van der Waals surface area contributed by atoms with E-state index in [1.807, 2.05) is 0 Å². The lowest BCUT2D eigenvalue weighted by atomic mass is 9.33. The van der Waals surface area contributed by atoms with Gasteiger partial charge in [-0.3, -0.25) is 0 Å². The number of halogens is 30. The number of hydrogen-bond acceptors (Lipinski definition) is 0. The van der Waals surface area contributed by atoms with Gasteiger partial charge in [0.05, 0.1) is 0 Å². The molecule has 0 amide bonds. The van der Waals surface area contributed by atoms with Crippen molar-refractivity contribution < 1.29 is 132 Å². The molecule has 0 atom stereocenters. The van der Waals surface area contributed by atoms with Crippen molar-refractivity contribution in [3.8, 4) is 0 Å². The lowest BCUT2D eigenvalue weighted by Gasteiger charge is -2.73. The van der Waals surface area contributed by atoms with Crippen LogP contribution in [0, 0.1) is 10.8 Å². The van der Waals surface area contributed by atoms with Crippen LogP contribution in [-0.2, 0) is 0 Å². The van der Waals surface area contributed by atoms with Crippen molar-refractivity contribution in [3.05, 3.63) is 0 Å². The van der Waals surface area contributed by atoms with Crippen molar-refractivity contribution in [1.29, 1.82) is 0 Å². The quantitative estimate of drug-likeness (QED) is 0.246. The monoisotopic (exact) mass is 762 g/mol. The lowest BCUT2D eigenvalue weighted by Crippen LogP contribution is -3.03. The Labute approximate surface area is 227 Å². The van der Waals surface area contributed by atoms with Crippen LogP contribution in [0.3, 0.4) is 0 Å². The average Bonchev–Trinajstić information content (AvgIpc) is 2.75. The summed E-state index contributed by atoms with van der Waals surface area (Å²) in [4.78, 5) is 0. The first-order valence-electron chi connectivity index (χ1n) is 9.92. The Kier molecular flexibility index (Phi) is 7.44. The molecule has 0 aliphatic heterocycles. The number of fused-ring (bicyclic) bond motifs is 1. The summed E-state index contributed by atoms with van der Waals surface area (Å²) in [6, 6.07) is 0. The SMILES string of the molecule is FC(F)(F)C(F)(C(F)(F)F)C12C(F)(F)C(F)(F)C(F)(F)C(F)(F)C1(C(F)(C(F)(F)F)C(F)(F)F)C(F)(F)C(F)(F)C(F)(F)C2(F)F. The van der Waals surface area contributed by atoms with Crippen molar-refractivity contribution in [1.82, 2.24) is 0 Å². The van der Waals surface area contributed by atoms with E-state index in [-0.39, 0.29) is 0 Å². The van der Waals surface area contributed by atoms with E-state index in [4.69, 9.17) is 0 Å². The molecule has 274 valence electrons. The second-order valence-electron chi connectivity index (χ2n) is 9.40. The van der Waals surface area contributed by atoms with E-state index in [9.17, 15) is 87.8 Å². The molecule has 2 fully saturated rings. The van der Waals surface area contributed by atoms with E-state index in [2.05, 4.69) is 0 Å². The van der Waals surface area contributed by atoms with Gasteiger partial charge in [0, 0.05) is 0 Å². The normalized spacial score (nSPS) is 33.3. The highest BCUT2D eigenvalue weighted by Gasteiger charge is 3.23. The summed E-state index contributed by atoms with van der Waals surface area (Å²) in [7, 11) is 0. The van der Waals surface area contributed by atoms with Crippen LogP contribution in [-0.4, -0.2) is 83.4 Å². The molecule has 2 rings (SSSR count). The van der Waals surface area contributed by atoms with E-state index in [1.165, 1.54) is 0 Å². The third-order valence-corrected chi connectivity index (χ3v) is 7.41. The minimum absolute atomic E-state index is 9.94. The molecule has 0 radical (unpaired) electrons. The predicted octanol–water partition coefficient (Wildman–Crippen LogP) is 9.73. The van der Waals surface area contributed by atoms with Crippen LogP contribution in [0.5, 0.6) is 0 Å². The molecule has 2 saturated carbocycles. The summed E-state index contributed by atoms with van der Waals surface area (Å²) < 4.78 is 428. The average molecular weight is 762 g/mol. The highest BCUT2D eigenvalue weighted by molar-refractivity contribution is 5.48. The zero-order chi connectivity index (χ0) is 38.0. The largest absolute Gasteiger partial charge is 0.432 e. The van der Waals surface area contributed by atoms with Crippen LogP contribution >= 0.6 is 0 Å². The van der Waals surface area contributed by atoms with Gasteiger partial charge in [-0.1, -0.05) is 0 Å². The third-order valence-electron chi connectivity index (χ3n) is 7.41. The zero-order valence-electron chi connectivity index (χ0n) is 19.3. The van der Waals surface area contributed by atoms with Gasteiger partial charge in [0.15, 0.2) is 10.8 Å². The second-order valence-corrected chi connectivity index (χ2v) is 9.40. The zero-order valence-corrected chi connectivity index (χ0v) is 19.3. The van der Waals surface area contributed by atoms with Crippen molar-refractivity contribution in [2.24, 2.45) is 10.8 Å². The molecular weight excluding hydrogens is 762 g/mol. The van der Waals surface area contributed by atoms with Gasteiger partial charge in [0.2, 0.25) is 0 Å². The Morgan fingerprint density at radius 1 is 0.196 bits per heavy atom. The molecule has 30 heteroatoms. The van der Waals surface area contributed by atoms with Crippen molar-refractivity contribution in [2.45, 2.75) is 83.4 Å². The number of alkyl halides is 30. The van der Waals surface area contributed by atoms with Gasteiger partial charge in [-0.05, 0) is 0 Å². The van der Waals surface area contributed by atoms with E-state index in [0.29, 0.717) is 0 Å². The van der Waals surface area contributed by atoms with E-state index in [0.717, 1.165) is 0 Å². The Morgan fingerprint density at radius 3 is 0.391 bits per heavy atom. The van der Waals surface area contributed by atoms with Crippen molar-refractivity contribution in [2.75, 3.05) is 0 Å². The summed E-state index contributed by atoms with van der Waals surface area (Å²) >= 11 is 0. The molecule has 0 nitrogen and oxygen atoms in total. The fraction of sp³-hybridized carbons (Fsp3) is 1.00. The molecule has 0 aromatic heterocycles. The molecule has 0 aromatic carbocycles. The van der Waals surface area contributed by atoms with Crippen LogP contribution in [0.25, 0.3) is 0 Å². The molecule has 0 bridgehead atoms. The summed E-state index contributed by atoms with van der Waals surface area (Å²) in [5.41, 5.74) is -44.9. The molecule has 2 aliphatic rings. The molecule has 2 aliphatic carbocycles. The molecule has 0 aromatic rings. The highest BCUT2D eigenvalue weighted by Crippen LogP contribution is 2.93. The van der Waals surface area contributed by atoms with Crippen molar-refractivity contribution >= 4 is 0 Å². The number of hydrogen-bond donors (Lipinski definition) is 0. The second kappa shape index (κ2) is 8.54. The molecule has 0 unspecified atom stereocenters. The summed E-state index contributed by atoms with van der Waals surface area (Å²) in [5, 5.41) is 0. The van der Waals surface area contributed by atoms with Gasteiger partial charge in [-0.15, -0.1) is 0 Å². The molecule has 0 saturated heterocycles. The Balaban J connectivity index is 4.15. The molecule has 46 heavy (non-hydrogen) atoms. The lowest BCUT2D eigenvalue weighted by molar-refractivity contribution is -0.633. The van der Waals surface area contributed by atoms with Crippen molar-refractivity contribution in [3.63, 3.8) is 0 Å². The van der Waals surface area contributed by atoms with E-state index in [1.54, 1.807) is 0 Å². The first-order valence-corrected chi connectivity index (χ1v) is 9.92. The van der Waals surface area contributed by atoms with E-state index >= 15 is 43.9 Å². The topological polar surface area (TPSA) is 0 Å². The fourth-order valence-corrected chi connectivity index (χ4v) is 5.62. The van der Waals surface area contributed by atoms with E-state index < -0.39 is 94.3 Å². The Hall–Kier alpha value is -2.10. The summed E-state index contributed by atoms with van der Waals surface area (Å²) in [6.45, 7) is 0. The Bertz CT molecular complexity index is 1050. The van der Waals surface area contributed by atoms with Crippen LogP contribution in [0.4, 0.5) is 132 Å². The minimum atomic E-state index is -11.5. The van der Waals surface area contributed by atoms with Crippen LogP contribution in [0.15, 0.2) is 0 Å². The maximum atomic E-state index is 15.3. The van der Waals surface area contributed by atoms with Gasteiger partial charge in [-0.2, -0.15) is 123 Å².